The lowest BCUT2D eigenvalue weighted by Gasteiger charge is -2.28. The van der Waals surface area contributed by atoms with Gasteiger partial charge in [0.2, 0.25) is 17.7 Å². The van der Waals surface area contributed by atoms with E-state index in [9.17, 15) is 29.4 Å². The Morgan fingerprint density at radius 3 is 2.27 bits per heavy atom. The first kappa shape index (κ1) is 32.7. The molecule has 0 bridgehead atoms. The number of nitrogens with two attached hydrogens (primary N) is 1. The van der Waals surface area contributed by atoms with E-state index in [1.54, 1.807) is 25.3 Å². The van der Waals surface area contributed by atoms with E-state index in [4.69, 9.17) is 5.73 Å². The number of phenolic OH excluding ortho intramolecular Hbond substituents is 1. The molecule has 2 heterocycles. The summed E-state index contributed by atoms with van der Waals surface area (Å²) in [5.41, 5.74) is 8.98. The number of H-pyrrole nitrogens is 2. The fraction of sp³-hybridized carbons (Fsp3) is 0.344. The van der Waals surface area contributed by atoms with E-state index in [0.717, 1.165) is 22.0 Å². The number of aromatic hydroxyl groups is 1. The zero-order valence-corrected chi connectivity index (χ0v) is 25.1. The van der Waals surface area contributed by atoms with E-state index >= 15 is 0 Å². The number of fused-ring (bicyclic) bond motifs is 1. The average molecular weight is 618 g/mol. The molecule has 0 spiro atoms. The van der Waals surface area contributed by atoms with Crippen molar-refractivity contribution in [3.63, 3.8) is 0 Å². The van der Waals surface area contributed by atoms with Crippen molar-refractivity contribution in [2.24, 2.45) is 11.7 Å². The van der Waals surface area contributed by atoms with Gasteiger partial charge in [-0.05, 0) is 41.7 Å². The average Bonchev–Trinajstić information content (AvgIpc) is 3.69. The zero-order chi connectivity index (χ0) is 32.5. The number of rotatable bonds is 15. The molecule has 0 radical (unpaired) electrons. The monoisotopic (exact) mass is 617 g/mol. The van der Waals surface area contributed by atoms with Gasteiger partial charge in [0.05, 0.1) is 12.4 Å². The van der Waals surface area contributed by atoms with Crippen molar-refractivity contribution in [2.75, 3.05) is 0 Å². The Labute approximate surface area is 260 Å². The minimum Gasteiger partial charge on any atom is -0.508 e. The molecule has 0 saturated carbocycles. The van der Waals surface area contributed by atoms with Crippen LogP contribution in [0, 0.1) is 5.92 Å². The Balaban J connectivity index is 1.48. The number of hydrogen-bond donors (Lipinski definition) is 8. The van der Waals surface area contributed by atoms with Crippen LogP contribution in [0.1, 0.15) is 37.1 Å². The molecule has 238 valence electrons. The van der Waals surface area contributed by atoms with Crippen LogP contribution in [-0.4, -0.2) is 73.0 Å². The third-order valence-electron chi connectivity index (χ3n) is 7.85. The van der Waals surface area contributed by atoms with Gasteiger partial charge in [0.1, 0.15) is 23.9 Å². The minimum absolute atomic E-state index is 0.00145. The van der Waals surface area contributed by atoms with Crippen molar-refractivity contribution in [3.8, 4) is 5.75 Å². The van der Waals surface area contributed by atoms with Gasteiger partial charge in [-0.3, -0.25) is 14.4 Å². The number of para-hydroxylation sites is 1. The molecule has 0 fully saturated rings. The molecule has 0 saturated heterocycles. The molecule has 13 heteroatoms. The summed E-state index contributed by atoms with van der Waals surface area (Å²) in [5, 5.41) is 28.4. The third-order valence-corrected chi connectivity index (χ3v) is 7.85. The van der Waals surface area contributed by atoms with Crippen LogP contribution >= 0.6 is 0 Å². The van der Waals surface area contributed by atoms with Crippen molar-refractivity contribution in [2.45, 2.75) is 63.7 Å². The number of imidazole rings is 1. The number of carboxylic acids is 1. The Bertz CT molecular complexity index is 1600. The molecular formula is C32H39N7O6. The van der Waals surface area contributed by atoms with Gasteiger partial charge in [0, 0.05) is 41.8 Å². The Kier molecular flexibility index (Phi) is 10.9. The van der Waals surface area contributed by atoms with Gasteiger partial charge >= 0.3 is 5.97 Å². The SMILES string of the molecule is CCC(C)C(NC(=O)C(N)Cc1ccc(O)cc1)C(=O)NC(Cc1cnc[nH]1)C(=O)NC(Cc1c[nH]c2ccccc12)C(=O)O. The summed E-state index contributed by atoms with van der Waals surface area (Å²) in [6, 6.07) is 9.29. The number of nitrogens with one attached hydrogen (secondary N) is 5. The van der Waals surface area contributed by atoms with Gasteiger partial charge in [-0.2, -0.15) is 0 Å². The molecule has 3 amide bonds. The van der Waals surface area contributed by atoms with E-state index in [1.165, 1.54) is 24.7 Å². The molecule has 13 nitrogen and oxygen atoms in total. The van der Waals surface area contributed by atoms with Crippen molar-refractivity contribution >= 4 is 34.6 Å². The second-order valence-electron chi connectivity index (χ2n) is 11.2. The molecule has 0 aliphatic heterocycles. The Morgan fingerprint density at radius 1 is 0.889 bits per heavy atom. The molecule has 0 aliphatic carbocycles. The number of benzene rings is 2. The maximum atomic E-state index is 13.6. The highest BCUT2D eigenvalue weighted by Gasteiger charge is 2.33. The highest BCUT2D eigenvalue weighted by atomic mass is 16.4. The highest BCUT2D eigenvalue weighted by molar-refractivity contribution is 5.94. The fourth-order valence-corrected chi connectivity index (χ4v) is 5.02. The summed E-state index contributed by atoms with van der Waals surface area (Å²) >= 11 is 0. The molecule has 4 rings (SSSR count). The lowest BCUT2D eigenvalue weighted by Crippen LogP contribution is -2.59. The van der Waals surface area contributed by atoms with Crippen molar-refractivity contribution in [3.05, 3.63) is 84.1 Å². The number of nitrogens with zero attached hydrogens (tertiary/aromatic N) is 1. The molecule has 5 atom stereocenters. The second-order valence-corrected chi connectivity index (χ2v) is 11.2. The van der Waals surface area contributed by atoms with Crippen molar-refractivity contribution in [1.29, 1.82) is 0 Å². The number of carboxylic acid groups (broad SMARTS) is 1. The number of aromatic amines is 2. The van der Waals surface area contributed by atoms with Crippen LogP contribution in [0.15, 0.2) is 67.3 Å². The molecule has 4 aromatic rings. The highest BCUT2D eigenvalue weighted by Crippen LogP contribution is 2.19. The number of hydrogen-bond acceptors (Lipinski definition) is 7. The molecular weight excluding hydrogens is 578 g/mol. The largest absolute Gasteiger partial charge is 0.508 e. The van der Waals surface area contributed by atoms with Gasteiger partial charge < -0.3 is 41.9 Å². The van der Waals surface area contributed by atoms with E-state index < -0.39 is 47.9 Å². The van der Waals surface area contributed by atoms with E-state index in [0.29, 0.717) is 12.1 Å². The summed E-state index contributed by atoms with van der Waals surface area (Å²) in [6.45, 7) is 3.66. The topological polar surface area (TPSA) is 215 Å². The Hall–Kier alpha value is -5.17. The normalized spacial score (nSPS) is 14.6. The second kappa shape index (κ2) is 15.0. The standard InChI is InChI=1S/C32H39N7O6/c1-3-18(2)28(39-29(41)24(33)12-19-8-10-22(40)11-9-19)31(43)37-26(14-21-16-34-17-36-21)30(42)38-27(32(44)45)13-20-15-35-25-7-5-4-6-23(20)25/h4-11,15-18,24,26-28,35,40H,3,12-14,33H2,1-2H3,(H,34,36)(H,37,43)(H,38,42)(H,39,41)(H,44,45). The van der Waals surface area contributed by atoms with Crippen LogP contribution in [0.2, 0.25) is 0 Å². The number of aromatic nitrogens is 3. The van der Waals surface area contributed by atoms with Gasteiger partial charge in [0.25, 0.3) is 0 Å². The first-order valence-electron chi connectivity index (χ1n) is 14.7. The van der Waals surface area contributed by atoms with E-state index in [2.05, 4.69) is 30.9 Å². The summed E-state index contributed by atoms with van der Waals surface area (Å²) in [4.78, 5) is 62.5. The van der Waals surface area contributed by atoms with Crippen LogP contribution in [-0.2, 0) is 38.4 Å². The van der Waals surface area contributed by atoms with Gasteiger partial charge in [-0.1, -0.05) is 50.6 Å². The lowest BCUT2D eigenvalue weighted by atomic mass is 9.96. The lowest BCUT2D eigenvalue weighted by molar-refractivity contribution is -0.142. The molecule has 9 N–H and O–H groups in total. The quantitative estimate of drug-likeness (QED) is 0.0977. The number of carbonyl (C=O) groups excluding carboxylic acids is 3. The van der Waals surface area contributed by atoms with Crippen LogP contribution in [0.4, 0.5) is 0 Å². The van der Waals surface area contributed by atoms with Gasteiger partial charge in [0.15, 0.2) is 0 Å². The minimum atomic E-state index is -1.28. The number of amides is 3. The maximum absolute atomic E-state index is 13.6. The van der Waals surface area contributed by atoms with E-state index in [-0.39, 0.29) is 30.9 Å². The number of aliphatic carboxylic acids is 1. The molecule has 5 unspecified atom stereocenters. The Morgan fingerprint density at radius 2 is 1.60 bits per heavy atom. The predicted octanol–water partition coefficient (Wildman–Crippen LogP) is 1.54. The summed E-state index contributed by atoms with van der Waals surface area (Å²) in [7, 11) is 0. The van der Waals surface area contributed by atoms with Crippen LogP contribution in [0.5, 0.6) is 5.75 Å². The summed E-state index contributed by atoms with van der Waals surface area (Å²) in [5.74, 6) is -3.33. The van der Waals surface area contributed by atoms with Crippen molar-refractivity contribution < 1.29 is 29.4 Å². The molecule has 2 aromatic heterocycles. The molecule has 45 heavy (non-hydrogen) atoms. The van der Waals surface area contributed by atoms with Crippen molar-refractivity contribution in [1.82, 2.24) is 30.9 Å². The summed E-state index contributed by atoms with van der Waals surface area (Å²) < 4.78 is 0. The number of carbonyl (C=O) groups is 4. The van der Waals surface area contributed by atoms with Crippen LogP contribution < -0.4 is 21.7 Å². The van der Waals surface area contributed by atoms with Crippen LogP contribution in [0.25, 0.3) is 10.9 Å². The number of phenols is 1. The summed E-state index contributed by atoms with van der Waals surface area (Å²) in [6.07, 6.45) is 5.37. The predicted molar refractivity (Wildman–Crippen MR) is 167 cm³/mol. The van der Waals surface area contributed by atoms with Gasteiger partial charge in [-0.15, -0.1) is 0 Å². The molecule has 2 aromatic carbocycles. The smallest absolute Gasteiger partial charge is 0.326 e. The van der Waals surface area contributed by atoms with Gasteiger partial charge in [-0.25, -0.2) is 9.78 Å². The third kappa shape index (κ3) is 8.70. The maximum Gasteiger partial charge on any atom is 0.326 e. The molecule has 0 aliphatic rings. The fourth-order valence-electron chi connectivity index (χ4n) is 5.02. The zero-order valence-electron chi connectivity index (χ0n) is 25.1. The first-order chi connectivity index (χ1) is 21.5. The van der Waals surface area contributed by atoms with E-state index in [1.807, 2.05) is 31.2 Å². The first-order valence-corrected chi connectivity index (χ1v) is 14.7. The van der Waals surface area contributed by atoms with Crippen LogP contribution in [0.3, 0.4) is 0 Å².